The predicted molar refractivity (Wildman–Crippen MR) is 82.5 cm³/mol. The minimum Gasteiger partial charge on any atom is -0.384 e. The highest BCUT2D eigenvalue weighted by atomic mass is 35.5. The fraction of sp³-hybridized carbons (Fsp3) is 0.688. The summed E-state index contributed by atoms with van der Waals surface area (Å²) in [6.45, 7) is 6.92. The lowest BCUT2D eigenvalue weighted by Crippen LogP contribution is -2.55. The van der Waals surface area contributed by atoms with Gasteiger partial charge >= 0.3 is 0 Å². The Kier molecular flexibility index (Phi) is 3.37. The first-order valence-corrected chi connectivity index (χ1v) is 7.77. The Morgan fingerprint density at radius 1 is 1.52 bits per heavy atom. The second kappa shape index (κ2) is 4.75. The lowest BCUT2D eigenvalue weighted by Gasteiger charge is -2.56. The summed E-state index contributed by atoms with van der Waals surface area (Å²) >= 11 is 6.00. The number of methoxy groups -OCH3 is 1. The molecular formula is C16H23ClN2O2. The number of aryl methyl sites for hydroxylation is 1. The van der Waals surface area contributed by atoms with Crippen LogP contribution in [0.15, 0.2) is 12.3 Å². The Bertz CT molecular complexity index is 581. The second-order valence-electron chi connectivity index (χ2n) is 7.35. The van der Waals surface area contributed by atoms with Crippen LogP contribution in [0.2, 0.25) is 5.02 Å². The molecule has 2 aliphatic rings. The van der Waals surface area contributed by atoms with E-state index in [-0.39, 0.29) is 11.3 Å². The molecule has 1 aliphatic heterocycles. The van der Waals surface area contributed by atoms with Crippen LogP contribution in [0.4, 0.5) is 0 Å². The lowest BCUT2D eigenvalue weighted by molar-refractivity contribution is -0.107. The van der Waals surface area contributed by atoms with Crippen LogP contribution in [0.25, 0.3) is 0 Å². The van der Waals surface area contributed by atoms with Gasteiger partial charge in [-0.25, -0.2) is 0 Å². The molecule has 1 saturated carbocycles. The van der Waals surface area contributed by atoms with E-state index in [4.69, 9.17) is 16.3 Å². The zero-order chi connectivity index (χ0) is 15.4. The van der Waals surface area contributed by atoms with E-state index in [2.05, 4.69) is 13.8 Å². The van der Waals surface area contributed by atoms with Gasteiger partial charge in [-0.15, -0.1) is 0 Å². The molecular weight excluding hydrogens is 288 g/mol. The highest BCUT2D eigenvalue weighted by Gasteiger charge is 2.63. The van der Waals surface area contributed by atoms with E-state index in [0.717, 1.165) is 26.1 Å². The van der Waals surface area contributed by atoms with Gasteiger partial charge in [0.1, 0.15) is 5.69 Å². The largest absolute Gasteiger partial charge is 0.384 e. The number of rotatable bonds is 3. The Balaban J connectivity index is 1.83. The van der Waals surface area contributed by atoms with Gasteiger partial charge in [-0.05, 0) is 23.8 Å². The maximum absolute atomic E-state index is 12.8. The van der Waals surface area contributed by atoms with E-state index < -0.39 is 0 Å². The van der Waals surface area contributed by atoms with Gasteiger partial charge in [-0.1, -0.05) is 25.4 Å². The molecule has 4 nitrogen and oxygen atoms in total. The number of carbonyl (C=O) groups excluding carboxylic acids is 1. The average molecular weight is 311 g/mol. The van der Waals surface area contributed by atoms with Gasteiger partial charge in [-0.2, -0.15) is 0 Å². The summed E-state index contributed by atoms with van der Waals surface area (Å²) in [6, 6.07) is 1.75. The van der Waals surface area contributed by atoms with Crippen molar-refractivity contribution in [3.05, 3.63) is 23.0 Å². The number of fused-ring (bicyclic) bond motifs is 1. The molecule has 2 heterocycles. The van der Waals surface area contributed by atoms with Crippen molar-refractivity contribution in [1.29, 1.82) is 0 Å². The van der Waals surface area contributed by atoms with Gasteiger partial charge in [0.05, 0.1) is 11.6 Å². The minimum absolute atomic E-state index is 0.0741. The molecule has 0 N–H and O–H groups in total. The normalized spacial score (nSPS) is 30.1. The maximum atomic E-state index is 12.8. The van der Waals surface area contributed by atoms with Gasteiger partial charge < -0.3 is 14.2 Å². The Labute approximate surface area is 131 Å². The topological polar surface area (TPSA) is 34.5 Å². The average Bonchev–Trinajstić information content (AvgIpc) is 2.87. The summed E-state index contributed by atoms with van der Waals surface area (Å²) in [6.07, 6.45) is 2.89. The number of carbonyl (C=O) groups is 1. The fourth-order valence-corrected chi connectivity index (χ4v) is 4.91. The standard InChI is InChI=1S/C16H23ClN2O2/c1-15(2)8-16(10-21-4)9-19(7-13(15)16)14(20)12-5-11(17)6-18(12)3/h5-6,13H,7-10H2,1-4H3/t13-,16-/m1/s1. The molecule has 1 amide bonds. The Morgan fingerprint density at radius 2 is 2.24 bits per heavy atom. The van der Waals surface area contributed by atoms with Crippen LogP contribution >= 0.6 is 11.6 Å². The highest BCUT2D eigenvalue weighted by molar-refractivity contribution is 6.31. The van der Waals surface area contributed by atoms with Crippen LogP contribution in [-0.4, -0.2) is 42.2 Å². The first-order valence-electron chi connectivity index (χ1n) is 7.39. The molecule has 1 aromatic heterocycles. The third-order valence-corrected chi connectivity index (χ3v) is 5.52. The van der Waals surface area contributed by atoms with Gasteiger partial charge in [0.15, 0.2) is 0 Å². The fourth-order valence-electron chi connectivity index (χ4n) is 4.66. The molecule has 0 spiro atoms. The lowest BCUT2D eigenvalue weighted by atomic mass is 9.48. The van der Waals surface area contributed by atoms with Crippen LogP contribution < -0.4 is 0 Å². The molecule has 1 aliphatic carbocycles. The van der Waals surface area contributed by atoms with Crippen LogP contribution in [0.5, 0.6) is 0 Å². The minimum atomic E-state index is 0.0741. The molecule has 0 unspecified atom stereocenters. The first-order chi connectivity index (χ1) is 9.79. The number of ether oxygens (including phenoxy) is 1. The summed E-state index contributed by atoms with van der Waals surface area (Å²) in [5, 5.41) is 0.606. The quantitative estimate of drug-likeness (QED) is 0.860. The number of halogens is 1. The number of likely N-dealkylation sites (tertiary alicyclic amines) is 1. The first kappa shape index (κ1) is 14.9. The number of hydrogen-bond acceptors (Lipinski definition) is 2. The molecule has 116 valence electrons. The molecule has 2 atom stereocenters. The summed E-state index contributed by atoms with van der Waals surface area (Å²) in [5.74, 6) is 0.592. The van der Waals surface area contributed by atoms with Gasteiger partial charge in [0.25, 0.3) is 5.91 Å². The third kappa shape index (κ3) is 2.20. The Hall–Kier alpha value is -1.00. The van der Waals surface area contributed by atoms with E-state index in [1.54, 1.807) is 23.9 Å². The molecule has 3 rings (SSSR count). The maximum Gasteiger partial charge on any atom is 0.270 e. The number of amides is 1. The van der Waals surface area contributed by atoms with Crippen LogP contribution in [0, 0.1) is 16.7 Å². The summed E-state index contributed by atoms with van der Waals surface area (Å²) < 4.78 is 7.25. The predicted octanol–water partition coefficient (Wildman–Crippen LogP) is 2.81. The van der Waals surface area contributed by atoms with Crippen molar-refractivity contribution in [3.63, 3.8) is 0 Å². The summed E-state index contributed by atoms with van der Waals surface area (Å²) in [5.41, 5.74) is 1.09. The van der Waals surface area contributed by atoms with E-state index in [1.165, 1.54) is 0 Å². The van der Waals surface area contributed by atoms with Crippen molar-refractivity contribution in [1.82, 2.24) is 9.47 Å². The third-order valence-electron chi connectivity index (χ3n) is 5.31. The number of hydrogen-bond donors (Lipinski definition) is 0. The molecule has 5 heteroatoms. The molecule has 0 radical (unpaired) electrons. The highest BCUT2D eigenvalue weighted by Crippen LogP contribution is 2.62. The van der Waals surface area contributed by atoms with E-state index in [9.17, 15) is 4.79 Å². The molecule has 0 aromatic carbocycles. The van der Waals surface area contributed by atoms with Crippen molar-refractivity contribution in [2.24, 2.45) is 23.8 Å². The van der Waals surface area contributed by atoms with Gasteiger partial charge in [-0.3, -0.25) is 4.79 Å². The van der Waals surface area contributed by atoms with Crippen LogP contribution in [0.1, 0.15) is 30.8 Å². The summed E-state index contributed by atoms with van der Waals surface area (Å²) in [4.78, 5) is 14.7. The van der Waals surface area contributed by atoms with E-state index in [0.29, 0.717) is 22.0 Å². The van der Waals surface area contributed by atoms with Crippen molar-refractivity contribution in [2.75, 3.05) is 26.8 Å². The number of aromatic nitrogens is 1. The zero-order valence-corrected chi connectivity index (χ0v) is 13.9. The van der Waals surface area contributed by atoms with E-state index >= 15 is 0 Å². The molecule has 21 heavy (non-hydrogen) atoms. The number of nitrogens with zero attached hydrogens (tertiary/aromatic N) is 2. The van der Waals surface area contributed by atoms with Crippen molar-refractivity contribution >= 4 is 17.5 Å². The molecule has 0 bridgehead atoms. The summed E-state index contributed by atoms with van der Waals surface area (Å²) in [7, 11) is 3.61. The van der Waals surface area contributed by atoms with Crippen LogP contribution in [-0.2, 0) is 11.8 Å². The van der Waals surface area contributed by atoms with Crippen molar-refractivity contribution in [2.45, 2.75) is 20.3 Å². The zero-order valence-electron chi connectivity index (χ0n) is 13.1. The Morgan fingerprint density at radius 3 is 2.76 bits per heavy atom. The smallest absolute Gasteiger partial charge is 0.270 e. The van der Waals surface area contributed by atoms with Crippen molar-refractivity contribution < 1.29 is 9.53 Å². The molecule has 1 saturated heterocycles. The van der Waals surface area contributed by atoms with Crippen molar-refractivity contribution in [3.8, 4) is 0 Å². The monoisotopic (exact) mass is 310 g/mol. The molecule has 1 aromatic rings. The van der Waals surface area contributed by atoms with Gasteiger partial charge in [0, 0.05) is 38.9 Å². The second-order valence-corrected chi connectivity index (χ2v) is 7.79. The SMILES string of the molecule is COC[C@@]12CN(C(=O)c3cc(Cl)cn3C)C[C@@H]1C(C)(C)C2. The van der Waals surface area contributed by atoms with Gasteiger partial charge in [0.2, 0.25) is 0 Å². The van der Waals surface area contributed by atoms with Crippen LogP contribution in [0.3, 0.4) is 0 Å². The van der Waals surface area contributed by atoms with E-state index in [1.807, 2.05) is 11.9 Å². The molecule has 2 fully saturated rings.